The molecule has 120 valence electrons. The zero-order valence-electron chi connectivity index (χ0n) is 12.6. The van der Waals surface area contributed by atoms with Crippen LogP contribution in [0, 0.1) is 0 Å². The maximum absolute atomic E-state index is 12.3. The van der Waals surface area contributed by atoms with E-state index < -0.39 is 0 Å². The number of ether oxygens (including phenoxy) is 1. The summed E-state index contributed by atoms with van der Waals surface area (Å²) < 4.78 is 6.15. The van der Waals surface area contributed by atoms with Gasteiger partial charge >= 0.3 is 0 Å². The Hall–Kier alpha value is -2.71. The van der Waals surface area contributed by atoms with Gasteiger partial charge in [0, 0.05) is 0 Å². The molecule has 0 fully saturated rings. The molecule has 4 aromatic rings. The van der Waals surface area contributed by atoms with E-state index in [2.05, 4.69) is 20.5 Å². The highest BCUT2D eigenvalue weighted by Gasteiger charge is 2.14. The molecule has 4 rings (SSSR count). The maximum Gasteiger partial charge on any atom is 0.277 e. The molecule has 0 aliphatic rings. The van der Waals surface area contributed by atoms with Gasteiger partial charge in [-0.15, -0.1) is 11.3 Å². The Kier molecular flexibility index (Phi) is 3.75. The topological polar surface area (TPSA) is 79.9 Å². The third-order valence-corrected chi connectivity index (χ3v) is 5.25. The van der Waals surface area contributed by atoms with Gasteiger partial charge in [-0.25, -0.2) is 4.98 Å². The van der Waals surface area contributed by atoms with E-state index >= 15 is 0 Å². The summed E-state index contributed by atoms with van der Waals surface area (Å²) in [5.41, 5.74) is 1.97. The van der Waals surface area contributed by atoms with Crippen molar-refractivity contribution in [3.05, 3.63) is 47.5 Å². The second-order valence-electron chi connectivity index (χ2n) is 4.95. The summed E-state index contributed by atoms with van der Waals surface area (Å²) in [6, 6.07) is 11.3. The number of rotatable bonds is 4. The van der Waals surface area contributed by atoms with Gasteiger partial charge in [-0.2, -0.15) is 5.10 Å². The summed E-state index contributed by atoms with van der Waals surface area (Å²) >= 11 is 2.98. The molecule has 0 radical (unpaired) electrons. The molecule has 0 spiro atoms. The average molecular weight is 356 g/mol. The van der Waals surface area contributed by atoms with Gasteiger partial charge in [0.1, 0.15) is 5.75 Å². The number of benzene rings is 1. The first-order chi connectivity index (χ1) is 11.7. The minimum Gasteiger partial charge on any atom is -0.497 e. The van der Waals surface area contributed by atoms with Crippen molar-refractivity contribution in [2.75, 3.05) is 12.4 Å². The first-order valence-electron chi connectivity index (χ1n) is 7.08. The summed E-state index contributed by atoms with van der Waals surface area (Å²) in [5.74, 6) is 0.469. The van der Waals surface area contributed by atoms with Crippen molar-refractivity contribution < 1.29 is 9.53 Å². The molecule has 0 aliphatic carbocycles. The van der Waals surface area contributed by atoms with Crippen LogP contribution in [0.15, 0.2) is 41.8 Å². The average Bonchev–Trinajstić information content (AvgIpc) is 3.32. The van der Waals surface area contributed by atoms with Crippen molar-refractivity contribution in [2.24, 2.45) is 0 Å². The van der Waals surface area contributed by atoms with Crippen LogP contribution < -0.4 is 10.1 Å². The molecule has 0 unspecified atom stereocenters. The number of thiophene rings is 1. The number of aromatic amines is 1. The van der Waals surface area contributed by atoms with Crippen LogP contribution in [0.1, 0.15) is 10.5 Å². The predicted molar refractivity (Wildman–Crippen MR) is 96.0 cm³/mol. The zero-order chi connectivity index (χ0) is 16.5. The second kappa shape index (κ2) is 6.06. The molecule has 24 heavy (non-hydrogen) atoms. The number of H-pyrrole nitrogens is 1. The summed E-state index contributed by atoms with van der Waals surface area (Å²) in [7, 11) is 1.62. The highest BCUT2D eigenvalue weighted by Crippen LogP contribution is 2.29. The molecule has 0 atom stereocenters. The van der Waals surface area contributed by atoms with Crippen molar-refractivity contribution in [1.29, 1.82) is 0 Å². The normalized spacial score (nSPS) is 10.9. The molecular formula is C16H12N4O2S2. The molecule has 0 saturated heterocycles. The largest absolute Gasteiger partial charge is 0.497 e. The van der Waals surface area contributed by atoms with Crippen LogP contribution >= 0.6 is 22.7 Å². The van der Waals surface area contributed by atoms with Crippen molar-refractivity contribution in [3.63, 3.8) is 0 Å². The van der Waals surface area contributed by atoms with Gasteiger partial charge in [-0.3, -0.25) is 15.2 Å². The third kappa shape index (κ3) is 2.77. The van der Waals surface area contributed by atoms with Crippen LogP contribution in [0.25, 0.3) is 20.8 Å². The quantitative estimate of drug-likeness (QED) is 0.579. The fraction of sp³-hybridized carbons (Fsp3) is 0.0625. The van der Waals surface area contributed by atoms with Gasteiger partial charge in [0.05, 0.1) is 27.9 Å². The molecule has 3 heterocycles. The third-order valence-electron chi connectivity index (χ3n) is 3.41. The van der Waals surface area contributed by atoms with Crippen LogP contribution in [0.3, 0.4) is 0 Å². The zero-order valence-corrected chi connectivity index (χ0v) is 14.2. The number of hydrogen-bond acceptors (Lipinski definition) is 6. The first-order valence-corrected chi connectivity index (χ1v) is 8.78. The van der Waals surface area contributed by atoms with Crippen molar-refractivity contribution >= 4 is 43.9 Å². The lowest BCUT2D eigenvalue weighted by atomic mass is 10.3. The SMILES string of the molecule is COc1ccc2nc(NC(=O)c3cc(-c4cccs4)[nH]n3)sc2c1. The van der Waals surface area contributed by atoms with Crippen LogP contribution in [0.4, 0.5) is 5.13 Å². The highest BCUT2D eigenvalue weighted by molar-refractivity contribution is 7.22. The lowest BCUT2D eigenvalue weighted by Gasteiger charge is -1.96. The van der Waals surface area contributed by atoms with E-state index in [0.717, 1.165) is 26.5 Å². The molecule has 0 aliphatic heterocycles. The number of carbonyl (C=O) groups is 1. The minimum atomic E-state index is -0.292. The minimum absolute atomic E-state index is 0.292. The number of methoxy groups -OCH3 is 1. The van der Waals surface area contributed by atoms with E-state index in [0.29, 0.717) is 10.8 Å². The van der Waals surface area contributed by atoms with E-state index in [-0.39, 0.29) is 5.91 Å². The number of nitrogens with zero attached hydrogens (tertiary/aromatic N) is 2. The van der Waals surface area contributed by atoms with E-state index in [1.165, 1.54) is 11.3 Å². The predicted octanol–water partition coefficient (Wildman–Crippen LogP) is 4.01. The Morgan fingerprint density at radius 3 is 3.00 bits per heavy atom. The molecule has 3 aromatic heterocycles. The van der Waals surface area contributed by atoms with Gasteiger partial charge in [-0.05, 0) is 35.7 Å². The summed E-state index contributed by atoms with van der Waals surface area (Å²) in [6.07, 6.45) is 0. The maximum atomic E-state index is 12.3. The lowest BCUT2D eigenvalue weighted by Crippen LogP contribution is -2.11. The Morgan fingerprint density at radius 1 is 1.29 bits per heavy atom. The van der Waals surface area contributed by atoms with Crippen LogP contribution in [0.5, 0.6) is 5.75 Å². The van der Waals surface area contributed by atoms with Gasteiger partial charge in [0.2, 0.25) is 0 Å². The summed E-state index contributed by atoms with van der Waals surface area (Å²) in [4.78, 5) is 17.8. The molecule has 8 heteroatoms. The number of hydrogen-bond donors (Lipinski definition) is 2. The number of aromatic nitrogens is 3. The molecule has 6 nitrogen and oxygen atoms in total. The second-order valence-corrected chi connectivity index (χ2v) is 6.93. The van der Waals surface area contributed by atoms with Gasteiger partial charge in [-0.1, -0.05) is 17.4 Å². The number of carbonyl (C=O) groups excluding carboxylic acids is 1. The van der Waals surface area contributed by atoms with Crippen LogP contribution in [-0.4, -0.2) is 28.2 Å². The Balaban J connectivity index is 1.55. The fourth-order valence-corrected chi connectivity index (χ4v) is 3.82. The Bertz CT molecular complexity index is 1000. The first kappa shape index (κ1) is 14.9. The number of anilines is 1. The van der Waals surface area contributed by atoms with E-state index in [1.54, 1.807) is 24.5 Å². The number of thiazole rings is 1. The van der Waals surface area contributed by atoms with Gasteiger partial charge < -0.3 is 4.74 Å². The van der Waals surface area contributed by atoms with E-state index in [1.807, 2.05) is 35.7 Å². The summed E-state index contributed by atoms with van der Waals surface area (Å²) in [6.45, 7) is 0. The Morgan fingerprint density at radius 2 is 2.21 bits per heavy atom. The summed E-state index contributed by atoms with van der Waals surface area (Å²) in [5, 5.41) is 12.3. The molecule has 1 amide bonds. The van der Waals surface area contributed by atoms with Gasteiger partial charge in [0.15, 0.2) is 10.8 Å². The fourth-order valence-electron chi connectivity index (χ4n) is 2.24. The van der Waals surface area contributed by atoms with Crippen molar-refractivity contribution in [1.82, 2.24) is 15.2 Å². The van der Waals surface area contributed by atoms with Crippen LogP contribution in [0.2, 0.25) is 0 Å². The lowest BCUT2D eigenvalue weighted by molar-refractivity contribution is 0.102. The van der Waals surface area contributed by atoms with Crippen molar-refractivity contribution in [2.45, 2.75) is 0 Å². The molecular weight excluding hydrogens is 344 g/mol. The number of fused-ring (bicyclic) bond motifs is 1. The molecule has 0 bridgehead atoms. The van der Waals surface area contributed by atoms with E-state index in [9.17, 15) is 4.79 Å². The number of nitrogens with one attached hydrogen (secondary N) is 2. The monoisotopic (exact) mass is 356 g/mol. The molecule has 1 aromatic carbocycles. The van der Waals surface area contributed by atoms with Crippen molar-refractivity contribution in [3.8, 4) is 16.3 Å². The molecule has 2 N–H and O–H groups in total. The van der Waals surface area contributed by atoms with Gasteiger partial charge in [0.25, 0.3) is 5.91 Å². The standard InChI is InChI=1S/C16H12N4O2S2/c1-22-9-4-5-10-14(7-9)24-16(17-10)18-15(21)12-8-11(19-20-12)13-3-2-6-23-13/h2-8H,1H3,(H,19,20)(H,17,18,21). The van der Waals surface area contributed by atoms with Crippen LogP contribution in [-0.2, 0) is 0 Å². The number of amides is 1. The molecule has 0 saturated carbocycles. The van der Waals surface area contributed by atoms with E-state index in [4.69, 9.17) is 4.74 Å². The Labute approximate surface area is 145 Å². The highest BCUT2D eigenvalue weighted by atomic mass is 32.1. The smallest absolute Gasteiger partial charge is 0.277 e.